The summed E-state index contributed by atoms with van der Waals surface area (Å²) in [6.45, 7) is 4.28. The predicted molar refractivity (Wildman–Crippen MR) is 106 cm³/mol. The zero-order chi connectivity index (χ0) is 16.4. The maximum Gasteiger partial charge on any atom is 0.0761 e. The Labute approximate surface area is 149 Å². The van der Waals surface area contributed by atoms with Crippen molar-refractivity contribution >= 4 is 19.8 Å². The first-order chi connectivity index (χ1) is 11.2. The van der Waals surface area contributed by atoms with Crippen molar-refractivity contribution in [1.82, 2.24) is 0 Å². The van der Waals surface area contributed by atoms with Crippen molar-refractivity contribution in [3.63, 3.8) is 0 Å². The molecule has 2 rings (SSSR count). The van der Waals surface area contributed by atoms with E-state index in [9.17, 15) is 0 Å². The van der Waals surface area contributed by atoms with Crippen molar-refractivity contribution in [2.45, 2.75) is 107 Å². The fraction of sp³-hybridized carbons (Fsp3) is 1.00. The van der Waals surface area contributed by atoms with Gasteiger partial charge < -0.3 is 9.47 Å². The zero-order valence-corrected chi connectivity index (χ0v) is 19.3. The summed E-state index contributed by atoms with van der Waals surface area (Å²) in [4.78, 5) is 0. The summed E-state index contributed by atoms with van der Waals surface area (Å²) in [6, 6.07) is 1.47. The zero-order valence-electron chi connectivity index (χ0n) is 15.8. The van der Waals surface area contributed by atoms with Gasteiger partial charge in [0.15, 0.2) is 0 Å². The molecule has 136 valence electrons. The largest absolute Gasteiger partial charge is 0.377 e. The van der Waals surface area contributed by atoms with Gasteiger partial charge in [-0.3, -0.25) is 0 Å². The van der Waals surface area contributed by atoms with Crippen molar-refractivity contribution in [2.24, 2.45) is 0 Å². The molecule has 2 fully saturated rings. The molecule has 0 bridgehead atoms. The SMILES string of the molecule is CCCCCCCCC[SiH2]C1(C2([SiH3])CCCCO2)CCCCO1. The normalized spacial score (nSPS) is 32.7. The summed E-state index contributed by atoms with van der Waals surface area (Å²) >= 11 is 0. The molecule has 2 nitrogen and oxygen atoms in total. The summed E-state index contributed by atoms with van der Waals surface area (Å²) < 4.78 is 12.9. The number of hydrogen-bond acceptors (Lipinski definition) is 2. The van der Waals surface area contributed by atoms with Crippen LogP contribution in [0.15, 0.2) is 0 Å². The summed E-state index contributed by atoms with van der Waals surface area (Å²) in [5.74, 6) is 0. The maximum absolute atomic E-state index is 6.54. The Morgan fingerprint density at radius 3 is 2.09 bits per heavy atom. The van der Waals surface area contributed by atoms with Crippen LogP contribution >= 0.6 is 0 Å². The second-order valence-electron chi connectivity index (χ2n) is 8.06. The lowest BCUT2D eigenvalue weighted by Crippen LogP contribution is -2.64. The summed E-state index contributed by atoms with van der Waals surface area (Å²) in [7, 11) is 0.954. The quantitative estimate of drug-likeness (QED) is 0.441. The minimum absolute atomic E-state index is 0.166. The van der Waals surface area contributed by atoms with Gasteiger partial charge in [-0.1, -0.05) is 57.9 Å². The molecule has 0 N–H and O–H groups in total. The van der Waals surface area contributed by atoms with Crippen molar-refractivity contribution in [3.05, 3.63) is 0 Å². The third-order valence-corrected chi connectivity index (χ3v) is 11.6. The summed E-state index contributed by atoms with van der Waals surface area (Å²) in [5.41, 5.74) is 0. The Balaban J connectivity index is 1.75. The van der Waals surface area contributed by atoms with E-state index < -0.39 is 0 Å². The van der Waals surface area contributed by atoms with E-state index in [1.54, 1.807) is 0 Å². The van der Waals surface area contributed by atoms with Crippen LogP contribution < -0.4 is 0 Å². The molecule has 0 aromatic carbocycles. The van der Waals surface area contributed by atoms with Crippen LogP contribution in [0.4, 0.5) is 0 Å². The van der Waals surface area contributed by atoms with E-state index in [4.69, 9.17) is 9.47 Å². The highest BCUT2D eigenvalue weighted by Gasteiger charge is 2.50. The predicted octanol–water partition coefficient (Wildman–Crippen LogP) is 3.48. The monoisotopic (exact) mass is 356 g/mol. The Kier molecular flexibility index (Phi) is 8.87. The lowest BCUT2D eigenvalue weighted by molar-refractivity contribution is -0.159. The lowest BCUT2D eigenvalue weighted by Gasteiger charge is -2.52. The smallest absolute Gasteiger partial charge is 0.0761 e. The molecule has 2 aliphatic heterocycles. The van der Waals surface area contributed by atoms with Crippen LogP contribution in [0.25, 0.3) is 0 Å². The van der Waals surface area contributed by atoms with Gasteiger partial charge in [-0.15, -0.1) is 0 Å². The molecule has 0 aromatic rings. The summed E-state index contributed by atoms with van der Waals surface area (Å²) in [6.07, 6.45) is 17.9. The molecule has 2 heterocycles. The molecular formula is C19H40O2Si2. The van der Waals surface area contributed by atoms with Gasteiger partial charge in [0, 0.05) is 23.5 Å². The van der Waals surface area contributed by atoms with E-state index in [1.165, 1.54) is 89.5 Å². The fourth-order valence-corrected chi connectivity index (χ4v) is 9.04. The van der Waals surface area contributed by atoms with Crippen LogP contribution in [-0.2, 0) is 9.47 Å². The minimum atomic E-state index is -0.199. The van der Waals surface area contributed by atoms with E-state index in [1.807, 2.05) is 0 Å². The van der Waals surface area contributed by atoms with E-state index >= 15 is 0 Å². The first-order valence-electron chi connectivity index (χ1n) is 10.5. The van der Waals surface area contributed by atoms with E-state index in [-0.39, 0.29) is 20.0 Å². The van der Waals surface area contributed by atoms with Crippen LogP contribution in [0.3, 0.4) is 0 Å². The van der Waals surface area contributed by atoms with Crippen molar-refractivity contribution in [2.75, 3.05) is 13.2 Å². The summed E-state index contributed by atoms with van der Waals surface area (Å²) in [5, 5.41) is 0.374. The van der Waals surface area contributed by atoms with Crippen LogP contribution in [0.5, 0.6) is 0 Å². The number of hydrogen-bond donors (Lipinski definition) is 0. The third-order valence-electron chi connectivity index (χ3n) is 6.22. The standard InChI is InChI=1S/C19H40O2Si2/c1-2-3-4-5-6-7-12-17-23-19(14-9-11-16-21-19)18(22)13-8-10-15-20-18/h2-17,23H2,1,22H3. The van der Waals surface area contributed by atoms with E-state index in [0.29, 0.717) is 0 Å². The molecule has 0 radical (unpaired) electrons. The van der Waals surface area contributed by atoms with Crippen LogP contribution in [0, 0.1) is 0 Å². The maximum atomic E-state index is 6.54. The van der Waals surface area contributed by atoms with E-state index in [2.05, 4.69) is 6.92 Å². The number of unbranched alkanes of at least 4 members (excludes halogenated alkanes) is 6. The van der Waals surface area contributed by atoms with Gasteiger partial charge >= 0.3 is 0 Å². The molecule has 0 aliphatic carbocycles. The Bertz CT molecular complexity index is 310. The fourth-order valence-electron chi connectivity index (χ4n) is 4.57. The molecular weight excluding hydrogens is 316 g/mol. The average molecular weight is 357 g/mol. The molecule has 2 saturated heterocycles. The van der Waals surface area contributed by atoms with Crippen LogP contribution in [0.2, 0.25) is 6.04 Å². The minimum Gasteiger partial charge on any atom is -0.377 e. The van der Waals surface area contributed by atoms with Crippen molar-refractivity contribution in [1.29, 1.82) is 0 Å². The Morgan fingerprint density at radius 1 is 0.826 bits per heavy atom. The van der Waals surface area contributed by atoms with Gasteiger partial charge in [0.25, 0.3) is 0 Å². The number of ether oxygens (including phenoxy) is 2. The van der Waals surface area contributed by atoms with E-state index in [0.717, 1.165) is 23.5 Å². The second kappa shape index (κ2) is 10.4. The second-order valence-corrected chi connectivity index (χ2v) is 12.0. The molecule has 0 spiro atoms. The molecule has 4 heteroatoms. The van der Waals surface area contributed by atoms with Gasteiger partial charge in [-0.05, 0) is 38.5 Å². The third kappa shape index (κ3) is 5.69. The van der Waals surface area contributed by atoms with Crippen molar-refractivity contribution in [3.8, 4) is 0 Å². The first kappa shape index (κ1) is 19.7. The highest BCUT2D eigenvalue weighted by molar-refractivity contribution is 6.43. The van der Waals surface area contributed by atoms with Gasteiger partial charge in [0.2, 0.25) is 0 Å². The number of rotatable bonds is 10. The topological polar surface area (TPSA) is 18.5 Å². The Hall–Kier alpha value is 0.354. The molecule has 23 heavy (non-hydrogen) atoms. The van der Waals surface area contributed by atoms with Gasteiger partial charge in [-0.2, -0.15) is 0 Å². The molecule has 2 aliphatic rings. The van der Waals surface area contributed by atoms with Crippen LogP contribution in [0.1, 0.15) is 90.4 Å². The molecule has 2 unspecified atom stereocenters. The van der Waals surface area contributed by atoms with Crippen LogP contribution in [-0.4, -0.2) is 43.4 Å². The van der Waals surface area contributed by atoms with Gasteiger partial charge in [0.1, 0.15) is 0 Å². The molecule has 0 aromatic heterocycles. The molecule has 0 saturated carbocycles. The Morgan fingerprint density at radius 2 is 1.48 bits per heavy atom. The lowest BCUT2D eigenvalue weighted by atomic mass is 9.96. The van der Waals surface area contributed by atoms with Crippen molar-refractivity contribution < 1.29 is 9.47 Å². The molecule has 2 atom stereocenters. The highest BCUT2D eigenvalue weighted by Crippen LogP contribution is 2.41. The molecule has 0 amide bonds. The first-order valence-corrected chi connectivity index (χ1v) is 13.2. The average Bonchev–Trinajstić information content (AvgIpc) is 2.59. The van der Waals surface area contributed by atoms with Gasteiger partial charge in [-0.25, -0.2) is 0 Å². The highest BCUT2D eigenvalue weighted by atomic mass is 28.2. The van der Waals surface area contributed by atoms with Gasteiger partial charge in [0.05, 0.1) is 20.0 Å².